The van der Waals surface area contributed by atoms with Crippen molar-refractivity contribution in [2.45, 2.75) is 33.1 Å². The molecule has 0 bridgehead atoms. The average molecular weight is 371 g/mol. The summed E-state index contributed by atoms with van der Waals surface area (Å²) < 4.78 is 12.9. The molecular weight excluding hydrogens is 345 g/mol. The molecule has 1 aromatic carbocycles. The van der Waals surface area contributed by atoms with Gasteiger partial charge in [0.15, 0.2) is 0 Å². The van der Waals surface area contributed by atoms with E-state index in [0.29, 0.717) is 31.6 Å². The average Bonchev–Trinajstić information content (AvgIpc) is 2.69. The van der Waals surface area contributed by atoms with E-state index in [-0.39, 0.29) is 23.3 Å². The van der Waals surface area contributed by atoms with Crippen LogP contribution in [0.2, 0.25) is 0 Å². The van der Waals surface area contributed by atoms with Gasteiger partial charge >= 0.3 is 0 Å². The normalized spacial score (nSPS) is 10.5. The quantitative estimate of drug-likeness (QED) is 0.734. The molecule has 2 amide bonds. The highest BCUT2D eigenvalue weighted by atomic mass is 19.1. The van der Waals surface area contributed by atoms with Gasteiger partial charge < -0.3 is 10.2 Å². The first kappa shape index (κ1) is 20.6. The zero-order chi connectivity index (χ0) is 19.6. The van der Waals surface area contributed by atoms with Crippen LogP contribution in [0.5, 0.6) is 0 Å². The lowest BCUT2D eigenvalue weighted by Gasteiger charge is -2.21. The predicted molar refractivity (Wildman–Crippen MR) is 103 cm³/mol. The van der Waals surface area contributed by atoms with Gasteiger partial charge in [0.25, 0.3) is 11.8 Å². The molecule has 0 unspecified atom stereocenters. The van der Waals surface area contributed by atoms with Crippen LogP contribution >= 0.6 is 0 Å². The molecule has 144 valence electrons. The fraction of sp³-hybridized carbons (Fsp3) is 0.381. The standard InChI is InChI=1S/C21H26FN3O2/c1-3-13-25(14-4-2)21(27)19-15-17(10-12-23-19)20(26)24-11-9-16-5-7-18(22)8-6-16/h5-8,10,12,15H,3-4,9,11,13-14H2,1-2H3,(H,24,26). The van der Waals surface area contributed by atoms with E-state index < -0.39 is 0 Å². The number of rotatable bonds is 9. The van der Waals surface area contributed by atoms with Gasteiger partial charge in [0.05, 0.1) is 0 Å². The highest BCUT2D eigenvalue weighted by Crippen LogP contribution is 2.08. The smallest absolute Gasteiger partial charge is 0.272 e. The van der Waals surface area contributed by atoms with E-state index >= 15 is 0 Å². The summed E-state index contributed by atoms with van der Waals surface area (Å²) in [7, 11) is 0. The van der Waals surface area contributed by atoms with Gasteiger partial charge in [0, 0.05) is 31.4 Å². The molecule has 27 heavy (non-hydrogen) atoms. The van der Waals surface area contributed by atoms with Crippen molar-refractivity contribution in [1.29, 1.82) is 0 Å². The Morgan fingerprint density at radius 3 is 2.37 bits per heavy atom. The van der Waals surface area contributed by atoms with Crippen LogP contribution in [0, 0.1) is 5.82 Å². The summed E-state index contributed by atoms with van der Waals surface area (Å²) in [6, 6.07) is 9.32. The van der Waals surface area contributed by atoms with Gasteiger partial charge in [-0.25, -0.2) is 4.39 Å². The summed E-state index contributed by atoms with van der Waals surface area (Å²) in [5.74, 6) is -0.692. The van der Waals surface area contributed by atoms with Gasteiger partial charge in [-0.3, -0.25) is 14.6 Å². The highest BCUT2D eigenvalue weighted by molar-refractivity contribution is 5.98. The van der Waals surface area contributed by atoms with Crippen LogP contribution in [-0.4, -0.2) is 41.3 Å². The van der Waals surface area contributed by atoms with Crippen molar-refractivity contribution < 1.29 is 14.0 Å². The van der Waals surface area contributed by atoms with Crippen molar-refractivity contribution in [2.24, 2.45) is 0 Å². The summed E-state index contributed by atoms with van der Waals surface area (Å²) in [4.78, 5) is 30.9. The zero-order valence-electron chi connectivity index (χ0n) is 15.9. The summed E-state index contributed by atoms with van der Waals surface area (Å²) in [5.41, 5.74) is 1.63. The van der Waals surface area contributed by atoms with Gasteiger partial charge in [-0.1, -0.05) is 26.0 Å². The Morgan fingerprint density at radius 1 is 1.07 bits per heavy atom. The maximum Gasteiger partial charge on any atom is 0.272 e. The molecule has 1 aromatic heterocycles. The van der Waals surface area contributed by atoms with Crippen LogP contribution < -0.4 is 5.32 Å². The second-order valence-corrected chi connectivity index (χ2v) is 6.35. The molecule has 0 radical (unpaired) electrons. The minimum Gasteiger partial charge on any atom is -0.352 e. The highest BCUT2D eigenvalue weighted by Gasteiger charge is 2.17. The molecule has 0 aliphatic carbocycles. The molecule has 0 saturated carbocycles. The van der Waals surface area contributed by atoms with E-state index in [1.165, 1.54) is 24.4 Å². The molecule has 2 aromatic rings. The van der Waals surface area contributed by atoms with Crippen molar-refractivity contribution in [3.8, 4) is 0 Å². The van der Waals surface area contributed by atoms with Gasteiger partial charge in [0.2, 0.25) is 0 Å². The largest absolute Gasteiger partial charge is 0.352 e. The molecule has 6 heteroatoms. The topological polar surface area (TPSA) is 62.3 Å². The zero-order valence-corrected chi connectivity index (χ0v) is 15.9. The molecular formula is C21H26FN3O2. The Bertz CT molecular complexity index is 756. The van der Waals surface area contributed by atoms with Crippen molar-refractivity contribution in [1.82, 2.24) is 15.2 Å². The number of carbonyl (C=O) groups excluding carboxylic acids is 2. The number of hydrogen-bond acceptors (Lipinski definition) is 3. The number of nitrogens with zero attached hydrogens (tertiary/aromatic N) is 2. The van der Waals surface area contributed by atoms with Gasteiger partial charge in [-0.05, 0) is 49.1 Å². The lowest BCUT2D eigenvalue weighted by molar-refractivity contribution is 0.0749. The van der Waals surface area contributed by atoms with Crippen molar-refractivity contribution in [3.05, 3.63) is 65.2 Å². The minimum absolute atomic E-state index is 0.153. The van der Waals surface area contributed by atoms with E-state index in [4.69, 9.17) is 0 Å². The first-order valence-corrected chi connectivity index (χ1v) is 9.33. The summed E-state index contributed by atoms with van der Waals surface area (Å²) in [5, 5.41) is 2.82. The Balaban J connectivity index is 1.97. The lowest BCUT2D eigenvalue weighted by Crippen LogP contribution is -2.33. The van der Waals surface area contributed by atoms with Crippen LogP contribution in [-0.2, 0) is 6.42 Å². The summed E-state index contributed by atoms with van der Waals surface area (Å²) in [6.07, 6.45) is 3.83. The van der Waals surface area contributed by atoms with Crippen LogP contribution in [0.15, 0.2) is 42.6 Å². The van der Waals surface area contributed by atoms with Crippen LogP contribution in [0.3, 0.4) is 0 Å². The molecule has 0 atom stereocenters. The Morgan fingerprint density at radius 2 is 1.74 bits per heavy atom. The van der Waals surface area contributed by atoms with Crippen molar-refractivity contribution >= 4 is 11.8 Å². The third-order valence-electron chi connectivity index (χ3n) is 4.13. The number of nitrogens with one attached hydrogen (secondary N) is 1. The van der Waals surface area contributed by atoms with Crippen LogP contribution in [0.25, 0.3) is 0 Å². The minimum atomic E-state index is -0.281. The molecule has 0 aliphatic heterocycles. The second-order valence-electron chi connectivity index (χ2n) is 6.35. The Labute approximate surface area is 159 Å². The number of hydrogen-bond donors (Lipinski definition) is 1. The number of halogens is 1. The maximum atomic E-state index is 12.9. The second kappa shape index (κ2) is 10.4. The van der Waals surface area contributed by atoms with Gasteiger partial charge in [-0.2, -0.15) is 0 Å². The van der Waals surface area contributed by atoms with E-state index in [9.17, 15) is 14.0 Å². The number of aromatic nitrogens is 1. The SMILES string of the molecule is CCCN(CCC)C(=O)c1cc(C(=O)NCCc2ccc(F)cc2)ccn1. The van der Waals surface area contributed by atoms with Crippen molar-refractivity contribution in [2.75, 3.05) is 19.6 Å². The Hall–Kier alpha value is -2.76. The molecule has 1 heterocycles. The van der Waals surface area contributed by atoms with E-state index in [1.807, 2.05) is 13.8 Å². The fourth-order valence-corrected chi connectivity index (χ4v) is 2.78. The number of benzene rings is 1. The van der Waals surface area contributed by atoms with E-state index in [2.05, 4.69) is 10.3 Å². The first-order chi connectivity index (χ1) is 13.0. The molecule has 0 saturated heterocycles. The molecule has 5 nitrogen and oxygen atoms in total. The Kier molecular flexibility index (Phi) is 7.92. The van der Waals surface area contributed by atoms with Gasteiger partial charge in [-0.15, -0.1) is 0 Å². The monoisotopic (exact) mass is 371 g/mol. The van der Waals surface area contributed by atoms with Crippen molar-refractivity contribution in [3.63, 3.8) is 0 Å². The first-order valence-electron chi connectivity index (χ1n) is 9.33. The van der Waals surface area contributed by atoms with E-state index in [1.54, 1.807) is 23.1 Å². The lowest BCUT2D eigenvalue weighted by atomic mass is 10.1. The number of pyridine rings is 1. The number of amides is 2. The fourth-order valence-electron chi connectivity index (χ4n) is 2.78. The molecule has 1 N–H and O–H groups in total. The third kappa shape index (κ3) is 6.16. The summed E-state index contributed by atoms with van der Waals surface area (Å²) in [6.45, 7) is 5.81. The molecule has 0 spiro atoms. The number of carbonyl (C=O) groups is 2. The van der Waals surface area contributed by atoms with Crippen LogP contribution in [0.4, 0.5) is 4.39 Å². The van der Waals surface area contributed by atoms with Gasteiger partial charge in [0.1, 0.15) is 11.5 Å². The molecule has 2 rings (SSSR count). The third-order valence-corrected chi connectivity index (χ3v) is 4.13. The summed E-state index contributed by atoms with van der Waals surface area (Å²) >= 11 is 0. The molecule has 0 aliphatic rings. The van der Waals surface area contributed by atoms with Crippen LogP contribution in [0.1, 0.15) is 53.1 Å². The van der Waals surface area contributed by atoms with E-state index in [0.717, 1.165) is 18.4 Å². The maximum absolute atomic E-state index is 12.9. The predicted octanol–water partition coefficient (Wildman–Crippen LogP) is 3.46. The molecule has 0 fully saturated rings.